The predicted molar refractivity (Wildman–Crippen MR) is 125 cm³/mol. The summed E-state index contributed by atoms with van der Waals surface area (Å²) in [5.41, 5.74) is 1.94. The monoisotopic (exact) mass is 437 g/mol. The van der Waals surface area contributed by atoms with Crippen LogP contribution in [0.2, 0.25) is 0 Å². The van der Waals surface area contributed by atoms with Crippen molar-refractivity contribution < 1.29 is 13.2 Å². The van der Waals surface area contributed by atoms with Gasteiger partial charge in [0.1, 0.15) is 0 Å². The van der Waals surface area contributed by atoms with Crippen molar-refractivity contribution in [1.82, 2.24) is 5.32 Å². The summed E-state index contributed by atoms with van der Waals surface area (Å²) in [5.74, 6) is -0.292. The fraction of sp³-hybridized carbons (Fsp3) is 0.208. The Bertz CT molecular complexity index is 1090. The van der Waals surface area contributed by atoms with Gasteiger partial charge >= 0.3 is 0 Å². The second-order valence-corrected chi connectivity index (χ2v) is 8.80. The third-order valence-electron chi connectivity index (χ3n) is 4.76. The molecule has 7 heteroatoms. The molecule has 31 heavy (non-hydrogen) atoms. The van der Waals surface area contributed by atoms with Crippen molar-refractivity contribution in [1.29, 1.82) is 0 Å². The second-order valence-electron chi connectivity index (χ2n) is 6.94. The average Bonchev–Trinajstić information content (AvgIpc) is 2.80. The van der Waals surface area contributed by atoms with Gasteiger partial charge in [0.2, 0.25) is 0 Å². The normalized spacial score (nSPS) is 11.0. The lowest BCUT2D eigenvalue weighted by Gasteiger charge is -2.23. The van der Waals surface area contributed by atoms with Gasteiger partial charge in [0.15, 0.2) is 0 Å². The third-order valence-corrected chi connectivity index (χ3v) is 6.66. The Hall–Kier alpha value is -3.32. The SMILES string of the molecule is CCN(c1ccccc1)S(=O)(=O)c1cccc(C(=O)NCCCNc2ccccc2)c1. The minimum absolute atomic E-state index is 0.0941. The number of nitrogens with one attached hydrogen (secondary N) is 2. The summed E-state index contributed by atoms with van der Waals surface area (Å²) in [6.45, 7) is 3.28. The Balaban J connectivity index is 1.61. The average molecular weight is 438 g/mol. The van der Waals surface area contributed by atoms with Crippen LogP contribution in [0, 0.1) is 0 Å². The van der Waals surface area contributed by atoms with E-state index >= 15 is 0 Å². The molecule has 0 heterocycles. The van der Waals surface area contributed by atoms with Gasteiger partial charge in [-0.3, -0.25) is 9.10 Å². The molecule has 162 valence electrons. The molecule has 0 saturated carbocycles. The molecule has 0 aliphatic carbocycles. The van der Waals surface area contributed by atoms with Gasteiger partial charge in [0.25, 0.3) is 15.9 Å². The molecule has 0 aromatic heterocycles. The summed E-state index contributed by atoms with van der Waals surface area (Å²) in [7, 11) is -3.78. The van der Waals surface area contributed by atoms with E-state index in [1.165, 1.54) is 16.4 Å². The van der Waals surface area contributed by atoms with Crippen LogP contribution in [0.15, 0.2) is 89.8 Å². The van der Waals surface area contributed by atoms with Crippen molar-refractivity contribution in [2.75, 3.05) is 29.3 Å². The molecule has 3 rings (SSSR count). The van der Waals surface area contributed by atoms with Crippen molar-refractivity contribution in [3.63, 3.8) is 0 Å². The first-order valence-corrected chi connectivity index (χ1v) is 11.7. The zero-order valence-corrected chi connectivity index (χ0v) is 18.3. The van der Waals surface area contributed by atoms with Gasteiger partial charge in [0, 0.05) is 30.9 Å². The van der Waals surface area contributed by atoms with Crippen molar-refractivity contribution in [2.24, 2.45) is 0 Å². The van der Waals surface area contributed by atoms with Crippen LogP contribution in [-0.4, -0.2) is 34.0 Å². The number of anilines is 2. The number of rotatable bonds is 10. The quantitative estimate of drug-likeness (QED) is 0.468. The van der Waals surface area contributed by atoms with Crippen LogP contribution in [-0.2, 0) is 10.0 Å². The number of sulfonamides is 1. The van der Waals surface area contributed by atoms with E-state index in [-0.39, 0.29) is 17.3 Å². The molecule has 1 amide bonds. The van der Waals surface area contributed by atoms with Crippen molar-refractivity contribution in [2.45, 2.75) is 18.2 Å². The smallest absolute Gasteiger partial charge is 0.264 e. The minimum Gasteiger partial charge on any atom is -0.385 e. The molecule has 3 aromatic rings. The molecular formula is C24H27N3O3S. The zero-order valence-electron chi connectivity index (χ0n) is 17.5. The lowest BCUT2D eigenvalue weighted by atomic mass is 10.2. The van der Waals surface area contributed by atoms with Gasteiger partial charge in [0.05, 0.1) is 10.6 Å². The lowest BCUT2D eigenvalue weighted by Crippen LogP contribution is -2.31. The standard InChI is InChI=1S/C24H27N3O3S/c1-2-27(22-14-7-4-8-15-22)31(29,30)23-16-9-11-20(19-23)24(28)26-18-10-17-25-21-12-5-3-6-13-21/h3-9,11-16,19,25H,2,10,17-18H2,1H3,(H,26,28). The predicted octanol–water partition coefficient (Wildman–Crippen LogP) is 4.13. The number of carbonyl (C=O) groups is 1. The van der Waals surface area contributed by atoms with E-state index in [9.17, 15) is 13.2 Å². The van der Waals surface area contributed by atoms with Crippen LogP contribution in [0.3, 0.4) is 0 Å². The second kappa shape index (κ2) is 10.6. The Kier molecular flexibility index (Phi) is 7.67. The van der Waals surface area contributed by atoms with Gasteiger partial charge in [-0.15, -0.1) is 0 Å². The fourth-order valence-corrected chi connectivity index (χ4v) is 4.71. The van der Waals surface area contributed by atoms with Gasteiger partial charge < -0.3 is 10.6 Å². The number of hydrogen-bond acceptors (Lipinski definition) is 4. The molecular weight excluding hydrogens is 410 g/mol. The van der Waals surface area contributed by atoms with Gasteiger partial charge in [-0.1, -0.05) is 42.5 Å². The summed E-state index contributed by atoms with van der Waals surface area (Å²) in [4.78, 5) is 12.6. The molecule has 0 aliphatic heterocycles. The molecule has 0 unspecified atom stereocenters. The molecule has 0 atom stereocenters. The Labute approximate surface area is 184 Å². The van der Waals surface area contributed by atoms with E-state index in [0.29, 0.717) is 17.8 Å². The zero-order chi connectivity index (χ0) is 22.1. The Morgan fingerprint density at radius 3 is 2.23 bits per heavy atom. The van der Waals surface area contributed by atoms with E-state index in [1.807, 2.05) is 36.4 Å². The number of hydrogen-bond donors (Lipinski definition) is 2. The summed E-state index contributed by atoms with van der Waals surface area (Å²) >= 11 is 0. The number of nitrogens with zero attached hydrogens (tertiary/aromatic N) is 1. The summed E-state index contributed by atoms with van der Waals surface area (Å²) in [6, 6.07) is 24.9. The molecule has 3 aromatic carbocycles. The van der Waals surface area contributed by atoms with E-state index in [2.05, 4.69) is 10.6 Å². The van der Waals surface area contributed by atoms with Crippen LogP contribution in [0.4, 0.5) is 11.4 Å². The third kappa shape index (κ3) is 5.86. The maximum absolute atomic E-state index is 13.2. The maximum atomic E-state index is 13.2. The minimum atomic E-state index is -3.78. The molecule has 0 bridgehead atoms. The Morgan fingerprint density at radius 1 is 0.871 bits per heavy atom. The molecule has 0 spiro atoms. The molecule has 0 saturated heterocycles. The van der Waals surface area contributed by atoms with Crippen LogP contribution in [0.5, 0.6) is 0 Å². The molecule has 0 radical (unpaired) electrons. The maximum Gasteiger partial charge on any atom is 0.264 e. The summed E-state index contributed by atoms with van der Waals surface area (Å²) in [5, 5.41) is 6.14. The van der Waals surface area contributed by atoms with E-state index in [0.717, 1.165) is 18.7 Å². The molecule has 6 nitrogen and oxygen atoms in total. The topological polar surface area (TPSA) is 78.5 Å². The van der Waals surface area contributed by atoms with Crippen molar-refractivity contribution in [3.05, 3.63) is 90.5 Å². The summed E-state index contributed by atoms with van der Waals surface area (Å²) < 4.78 is 27.6. The number of amides is 1. The van der Waals surface area contributed by atoms with Crippen LogP contribution in [0.1, 0.15) is 23.7 Å². The number of carbonyl (C=O) groups excluding carboxylic acids is 1. The fourth-order valence-electron chi connectivity index (χ4n) is 3.19. The number of benzene rings is 3. The van der Waals surface area contributed by atoms with Gasteiger partial charge in [-0.05, 0) is 55.8 Å². The van der Waals surface area contributed by atoms with Gasteiger partial charge in [-0.2, -0.15) is 0 Å². The first-order valence-electron chi connectivity index (χ1n) is 10.3. The number of para-hydroxylation sites is 2. The van der Waals surface area contributed by atoms with Crippen molar-refractivity contribution >= 4 is 27.3 Å². The highest BCUT2D eigenvalue weighted by Gasteiger charge is 2.24. The largest absolute Gasteiger partial charge is 0.385 e. The molecule has 0 fully saturated rings. The highest BCUT2D eigenvalue weighted by atomic mass is 32.2. The first kappa shape index (κ1) is 22.4. The molecule has 0 aliphatic rings. The van der Waals surface area contributed by atoms with Crippen molar-refractivity contribution in [3.8, 4) is 0 Å². The van der Waals surface area contributed by atoms with E-state index in [4.69, 9.17) is 0 Å². The first-order chi connectivity index (χ1) is 15.0. The summed E-state index contributed by atoms with van der Waals surface area (Å²) in [6.07, 6.45) is 0.746. The highest BCUT2D eigenvalue weighted by molar-refractivity contribution is 7.92. The Morgan fingerprint density at radius 2 is 1.55 bits per heavy atom. The van der Waals surface area contributed by atoms with E-state index in [1.54, 1.807) is 43.3 Å². The van der Waals surface area contributed by atoms with E-state index < -0.39 is 10.0 Å². The van der Waals surface area contributed by atoms with Gasteiger partial charge in [-0.25, -0.2) is 8.42 Å². The van der Waals surface area contributed by atoms with Crippen LogP contribution in [0.25, 0.3) is 0 Å². The van der Waals surface area contributed by atoms with Crippen LogP contribution < -0.4 is 14.9 Å². The molecule has 2 N–H and O–H groups in total. The highest BCUT2D eigenvalue weighted by Crippen LogP contribution is 2.23. The van der Waals surface area contributed by atoms with Crippen LogP contribution >= 0.6 is 0 Å². The lowest BCUT2D eigenvalue weighted by molar-refractivity contribution is 0.0953.